The molecule has 0 N–H and O–H groups in total. The van der Waals surface area contributed by atoms with Crippen molar-refractivity contribution in [3.05, 3.63) is 48.1 Å². The van der Waals surface area contributed by atoms with Crippen molar-refractivity contribution in [3.63, 3.8) is 0 Å². The van der Waals surface area contributed by atoms with E-state index in [0.717, 1.165) is 5.56 Å². The topological polar surface area (TPSA) is 71.1 Å². The van der Waals surface area contributed by atoms with E-state index < -0.39 is 23.6 Å². The molecule has 2 bridgehead atoms. The molecule has 2 heterocycles. The van der Waals surface area contributed by atoms with E-state index in [1.807, 2.05) is 13.0 Å². The number of hydrogen-bond acceptors (Lipinski definition) is 6. The Morgan fingerprint density at radius 3 is 2.48 bits per heavy atom. The fourth-order valence-electron chi connectivity index (χ4n) is 4.09. The Balaban J connectivity index is 2.16. The lowest BCUT2D eigenvalue weighted by atomic mass is 9.72. The SMILES string of the molecule is C=CCC1=CC2(OC)OC(=O)C(C1=O)C(c1ccc(OC)c(OC)c1)C2C. The van der Waals surface area contributed by atoms with Crippen molar-refractivity contribution in [2.45, 2.75) is 25.0 Å². The van der Waals surface area contributed by atoms with Gasteiger partial charge in [0.15, 0.2) is 17.3 Å². The highest BCUT2D eigenvalue weighted by atomic mass is 16.7. The highest BCUT2D eigenvalue weighted by Gasteiger charge is 2.58. The van der Waals surface area contributed by atoms with Crippen LogP contribution in [-0.2, 0) is 19.1 Å². The second kappa shape index (κ2) is 7.19. The molecule has 3 aliphatic rings. The van der Waals surface area contributed by atoms with Crippen molar-refractivity contribution in [2.24, 2.45) is 11.8 Å². The predicted molar refractivity (Wildman–Crippen MR) is 98.7 cm³/mol. The average molecular weight is 372 g/mol. The Bertz CT molecular complexity index is 811. The van der Waals surface area contributed by atoms with Crippen LogP contribution in [-0.4, -0.2) is 38.9 Å². The molecule has 1 aliphatic carbocycles. The van der Waals surface area contributed by atoms with Crippen molar-refractivity contribution in [3.8, 4) is 11.5 Å². The lowest BCUT2D eigenvalue weighted by Gasteiger charge is -2.43. The van der Waals surface area contributed by atoms with Crippen molar-refractivity contribution in [1.82, 2.24) is 0 Å². The van der Waals surface area contributed by atoms with Crippen LogP contribution in [0, 0.1) is 11.8 Å². The Labute approximate surface area is 158 Å². The first-order chi connectivity index (χ1) is 12.9. The van der Waals surface area contributed by atoms with E-state index in [0.29, 0.717) is 23.5 Å². The monoisotopic (exact) mass is 372 g/mol. The van der Waals surface area contributed by atoms with Gasteiger partial charge in [-0.3, -0.25) is 9.59 Å². The normalized spacial score (nSPS) is 29.6. The van der Waals surface area contributed by atoms with E-state index in [2.05, 4.69) is 6.58 Å². The second-order valence-electron chi connectivity index (χ2n) is 6.78. The maximum Gasteiger partial charge on any atom is 0.320 e. The van der Waals surface area contributed by atoms with Gasteiger partial charge in [0.2, 0.25) is 5.79 Å². The van der Waals surface area contributed by atoms with Gasteiger partial charge in [-0.25, -0.2) is 0 Å². The van der Waals surface area contributed by atoms with Gasteiger partial charge in [0.05, 0.1) is 14.2 Å². The summed E-state index contributed by atoms with van der Waals surface area (Å²) in [6, 6.07) is 5.42. The Morgan fingerprint density at radius 2 is 1.89 bits per heavy atom. The van der Waals surface area contributed by atoms with Gasteiger partial charge in [-0.15, -0.1) is 6.58 Å². The third-order valence-electron chi connectivity index (χ3n) is 5.50. The van der Waals surface area contributed by atoms with Crippen molar-refractivity contribution >= 4 is 11.8 Å². The quantitative estimate of drug-likeness (QED) is 0.434. The molecule has 4 atom stereocenters. The van der Waals surface area contributed by atoms with Crippen LogP contribution < -0.4 is 9.47 Å². The standard InChI is InChI=1S/C21H24O6/c1-6-7-14-11-21(26-5)12(2)17(18(19(14)22)20(23)27-21)13-8-9-15(24-3)16(10-13)25-4/h6,8-12,17-18H,1,7H2,2-5H3. The molecule has 0 amide bonds. The summed E-state index contributed by atoms with van der Waals surface area (Å²) >= 11 is 0. The third-order valence-corrected chi connectivity index (χ3v) is 5.50. The van der Waals surface area contributed by atoms with Gasteiger partial charge in [0.25, 0.3) is 0 Å². The van der Waals surface area contributed by atoms with Crippen LogP contribution in [0.3, 0.4) is 0 Å². The van der Waals surface area contributed by atoms with Crippen LogP contribution in [0.2, 0.25) is 0 Å². The van der Waals surface area contributed by atoms with Gasteiger partial charge in [-0.1, -0.05) is 19.1 Å². The molecule has 144 valence electrons. The fourth-order valence-corrected chi connectivity index (χ4v) is 4.09. The first-order valence-electron chi connectivity index (χ1n) is 8.79. The molecular formula is C21H24O6. The van der Waals surface area contributed by atoms with Gasteiger partial charge in [0, 0.05) is 24.5 Å². The number of benzene rings is 1. The summed E-state index contributed by atoms with van der Waals surface area (Å²) in [5, 5.41) is 0. The lowest BCUT2D eigenvalue weighted by molar-refractivity contribution is -0.239. The molecule has 6 nitrogen and oxygen atoms in total. The lowest BCUT2D eigenvalue weighted by Crippen LogP contribution is -2.52. The minimum absolute atomic E-state index is 0.247. The van der Waals surface area contributed by atoms with Gasteiger partial charge in [0.1, 0.15) is 5.92 Å². The fraction of sp³-hybridized carbons (Fsp3) is 0.429. The van der Waals surface area contributed by atoms with Crippen LogP contribution in [0.25, 0.3) is 0 Å². The molecule has 0 aromatic heterocycles. The molecular weight excluding hydrogens is 348 g/mol. The van der Waals surface area contributed by atoms with Gasteiger partial charge in [-0.2, -0.15) is 0 Å². The summed E-state index contributed by atoms with van der Waals surface area (Å²) in [6.45, 7) is 5.63. The number of methoxy groups -OCH3 is 3. The van der Waals surface area contributed by atoms with Crippen molar-refractivity contribution < 1.29 is 28.5 Å². The van der Waals surface area contributed by atoms with Crippen LogP contribution in [0.5, 0.6) is 11.5 Å². The summed E-state index contributed by atoms with van der Waals surface area (Å²) in [5.41, 5.74) is 1.28. The summed E-state index contributed by atoms with van der Waals surface area (Å²) in [4.78, 5) is 25.9. The van der Waals surface area contributed by atoms with E-state index in [1.54, 1.807) is 38.5 Å². The average Bonchev–Trinajstić information content (AvgIpc) is 2.83. The van der Waals surface area contributed by atoms with Crippen molar-refractivity contribution in [1.29, 1.82) is 0 Å². The van der Waals surface area contributed by atoms with E-state index in [4.69, 9.17) is 18.9 Å². The van der Waals surface area contributed by atoms with Crippen LogP contribution in [0.4, 0.5) is 0 Å². The largest absolute Gasteiger partial charge is 0.493 e. The molecule has 2 aliphatic heterocycles. The first-order valence-corrected chi connectivity index (χ1v) is 8.79. The number of hydrogen-bond donors (Lipinski definition) is 0. The highest BCUT2D eigenvalue weighted by Crippen LogP contribution is 2.51. The summed E-state index contributed by atoms with van der Waals surface area (Å²) < 4.78 is 21.9. The maximum atomic E-state index is 13.1. The molecule has 6 heteroatoms. The minimum Gasteiger partial charge on any atom is -0.493 e. The molecule has 0 saturated carbocycles. The zero-order valence-electron chi connectivity index (χ0n) is 16.0. The van der Waals surface area contributed by atoms with Crippen molar-refractivity contribution in [2.75, 3.05) is 21.3 Å². The number of rotatable bonds is 6. The predicted octanol–water partition coefficient (Wildman–Crippen LogP) is 3.02. The smallest absolute Gasteiger partial charge is 0.320 e. The first kappa shape index (κ1) is 19.2. The number of ether oxygens (including phenoxy) is 4. The number of carbonyl (C=O) groups excluding carboxylic acids is 2. The highest BCUT2D eigenvalue weighted by molar-refractivity contribution is 6.10. The van der Waals surface area contributed by atoms with E-state index >= 15 is 0 Å². The van der Waals surface area contributed by atoms with Crippen LogP contribution >= 0.6 is 0 Å². The number of ketones is 1. The minimum atomic E-state index is -1.30. The van der Waals surface area contributed by atoms with Gasteiger partial charge < -0.3 is 18.9 Å². The molecule has 0 spiro atoms. The molecule has 1 fully saturated rings. The van der Waals surface area contributed by atoms with E-state index in [1.165, 1.54) is 7.11 Å². The maximum absolute atomic E-state index is 13.1. The molecule has 1 saturated heterocycles. The third kappa shape index (κ3) is 2.94. The Hall–Kier alpha value is -2.60. The Kier molecular flexibility index (Phi) is 5.11. The summed E-state index contributed by atoms with van der Waals surface area (Å²) in [6.07, 6.45) is 3.63. The number of fused-ring (bicyclic) bond motifs is 3. The molecule has 27 heavy (non-hydrogen) atoms. The molecule has 4 rings (SSSR count). The molecule has 4 unspecified atom stereocenters. The van der Waals surface area contributed by atoms with E-state index in [-0.39, 0.29) is 11.7 Å². The Morgan fingerprint density at radius 1 is 1.19 bits per heavy atom. The molecule has 1 aromatic rings. The number of allylic oxidation sites excluding steroid dienone is 2. The zero-order chi connectivity index (χ0) is 19.8. The van der Waals surface area contributed by atoms with Gasteiger partial charge in [-0.05, 0) is 30.2 Å². The summed E-state index contributed by atoms with van der Waals surface area (Å²) in [7, 11) is 4.58. The molecule has 0 radical (unpaired) electrons. The summed E-state index contributed by atoms with van der Waals surface area (Å²) in [5.74, 6) is -2.64. The number of esters is 1. The molecule has 1 aromatic carbocycles. The van der Waals surface area contributed by atoms with Crippen LogP contribution in [0.15, 0.2) is 42.5 Å². The number of carbonyl (C=O) groups is 2. The second-order valence-corrected chi connectivity index (χ2v) is 6.78. The van der Waals surface area contributed by atoms with Gasteiger partial charge >= 0.3 is 5.97 Å². The van der Waals surface area contributed by atoms with Crippen LogP contribution in [0.1, 0.15) is 24.8 Å². The zero-order valence-corrected chi connectivity index (χ0v) is 16.0. The van der Waals surface area contributed by atoms with E-state index in [9.17, 15) is 9.59 Å². The number of Topliss-reactive ketones (excluding diaryl/α,β-unsaturated/α-hetero) is 1.